The van der Waals surface area contributed by atoms with Gasteiger partial charge < -0.3 is 10.1 Å². The zero-order chi connectivity index (χ0) is 18.7. The molecular weight excluding hydrogens is 388 g/mol. The smallest absolute Gasteiger partial charge is 0.341 e. The van der Waals surface area contributed by atoms with Gasteiger partial charge in [-0.3, -0.25) is 14.4 Å². The van der Waals surface area contributed by atoms with Gasteiger partial charge in [0.1, 0.15) is 5.00 Å². The summed E-state index contributed by atoms with van der Waals surface area (Å²) < 4.78 is 6.81. The van der Waals surface area contributed by atoms with Gasteiger partial charge in [-0.25, -0.2) is 4.79 Å². The lowest BCUT2D eigenvalue weighted by Gasteiger charge is -2.26. The van der Waals surface area contributed by atoms with E-state index in [1.54, 1.807) is 30.9 Å². The fourth-order valence-electron chi connectivity index (χ4n) is 3.17. The maximum absolute atomic E-state index is 12.5. The highest BCUT2D eigenvalue weighted by Crippen LogP contribution is 2.37. The van der Waals surface area contributed by atoms with E-state index in [4.69, 9.17) is 4.74 Å². The molecule has 0 saturated carbocycles. The summed E-state index contributed by atoms with van der Waals surface area (Å²) in [5.41, 5.74) is 1.84. The van der Waals surface area contributed by atoms with Gasteiger partial charge in [-0.1, -0.05) is 6.92 Å². The number of thiophene rings is 1. The van der Waals surface area contributed by atoms with Crippen LogP contribution in [0.5, 0.6) is 0 Å². The van der Waals surface area contributed by atoms with Crippen LogP contribution in [0.25, 0.3) is 0 Å². The summed E-state index contributed by atoms with van der Waals surface area (Å²) in [6, 6.07) is 1.65. The second kappa shape index (κ2) is 9.34. The van der Waals surface area contributed by atoms with Crippen LogP contribution >= 0.6 is 23.7 Å². The first-order valence-electron chi connectivity index (χ1n) is 8.88. The first-order chi connectivity index (χ1) is 12.5. The zero-order valence-corrected chi connectivity index (χ0v) is 17.4. The Hall–Kier alpha value is -1.90. The zero-order valence-electron chi connectivity index (χ0n) is 15.8. The highest BCUT2D eigenvalue weighted by atomic mass is 35.5. The van der Waals surface area contributed by atoms with Gasteiger partial charge in [-0.15, -0.1) is 23.7 Å². The van der Waals surface area contributed by atoms with Crippen molar-refractivity contribution in [1.82, 2.24) is 14.7 Å². The van der Waals surface area contributed by atoms with E-state index < -0.39 is 0 Å². The molecule has 0 radical (unpaired) electrons. The number of rotatable bonds is 6. The average molecular weight is 413 g/mol. The van der Waals surface area contributed by atoms with Crippen LogP contribution in [-0.4, -0.2) is 46.3 Å². The van der Waals surface area contributed by atoms with Gasteiger partial charge in [-0.05, 0) is 37.9 Å². The molecule has 148 valence electrons. The van der Waals surface area contributed by atoms with Crippen LogP contribution in [0.2, 0.25) is 0 Å². The molecule has 3 heterocycles. The van der Waals surface area contributed by atoms with E-state index in [1.807, 2.05) is 0 Å². The van der Waals surface area contributed by atoms with Gasteiger partial charge in [0, 0.05) is 31.2 Å². The van der Waals surface area contributed by atoms with Crippen LogP contribution < -0.4 is 5.32 Å². The molecule has 0 spiro atoms. The molecule has 0 atom stereocenters. The van der Waals surface area contributed by atoms with Gasteiger partial charge in [0.15, 0.2) is 5.69 Å². The first-order valence-corrected chi connectivity index (χ1v) is 9.70. The topological polar surface area (TPSA) is 76.5 Å². The number of fused-ring (bicyclic) bond motifs is 1. The highest BCUT2D eigenvalue weighted by molar-refractivity contribution is 7.17. The lowest BCUT2D eigenvalue weighted by molar-refractivity contribution is 0.0526. The van der Waals surface area contributed by atoms with E-state index in [-0.39, 0.29) is 24.3 Å². The molecule has 1 aliphatic heterocycles. The van der Waals surface area contributed by atoms with Crippen LogP contribution in [0.4, 0.5) is 5.00 Å². The molecule has 2 aromatic heterocycles. The number of halogens is 1. The molecule has 0 saturated heterocycles. The van der Waals surface area contributed by atoms with Crippen LogP contribution in [0.3, 0.4) is 0 Å². The monoisotopic (exact) mass is 412 g/mol. The normalized spacial score (nSPS) is 13.6. The maximum Gasteiger partial charge on any atom is 0.341 e. The Morgan fingerprint density at radius 1 is 1.37 bits per heavy atom. The molecule has 0 aromatic carbocycles. The van der Waals surface area contributed by atoms with Gasteiger partial charge in [0.2, 0.25) is 0 Å². The third-order valence-corrected chi connectivity index (χ3v) is 5.46. The molecular formula is C18H25ClN4O3S. The predicted octanol–water partition coefficient (Wildman–Crippen LogP) is 3.10. The quantitative estimate of drug-likeness (QED) is 0.738. The van der Waals surface area contributed by atoms with Crippen molar-refractivity contribution in [2.75, 3.05) is 25.0 Å². The number of anilines is 1. The van der Waals surface area contributed by atoms with Crippen molar-refractivity contribution in [3.8, 4) is 0 Å². The molecule has 0 fully saturated rings. The highest BCUT2D eigenvalue weighted by Gasteiger charge is 2.29. The summed E-state index contributed by atoms with van der Waals surface area (Å²) in [5.74, 6) is -0.689. The summed E-state index contributed by atoms with van der Waals surface area (Å²) >= 11 is 1.47. The van der Waals surface area contributed by atoms with E-state index in [0.29, 0.717) is 22.9 Å². The molecule has 0 aliphatic carbocycles. The van der Waals surface area contributed by atoms with Gasteiger partial charge in [-0.2, -0.15) is 5.10 Å². The van der Waals surface area contributed by atoms with E-state index in [9.17, 15) is 9.59 Å². The molecule has 9 heteroatoms. The molecule has 1 aliphatic rings. The van der Waals surface area contributed by atoms with Crippen molar-refractivity contribution in [3.05, 3.63) is 34.0 Å². The van der Waals surface area contributed by atoms with Crippen molar-refractivity contribution in [2.45, 2.75) is 33.2 Å². The van der Waals surface area contributed by atoms with E-state index in [1.165, 1.54) is 11.3 Å². The minimum absolute atomic E-state index is 0. The van der Waals surface area contributed by atoms with Gasteiger partial charge in [0.25, 0.3) is 5.91 Å². The molecule has 27 heavy (non-hydrogen) atoms. The van der Waals surface area contributed by atoms with Crippen molar-refractivity contribution >= 4 is 40.6 Å². The van der Waals surface area contributed by atoms with Crippen molar-refractivity contribution in [1.29, 1.82) is 0 Å². The number of amides is 1. The Kier molecular flexibility index (Phi) is 7.41. The number of nitrogens with zero attached hydrogens (tertiary/aromatic N) is 3. The van der Waals surface area contributed by atoms with Gasteiger partial charge in [0.05, 0.1) is 12.2 Å². The van der Waals surface area contributed by atoms with Crippen LogP contribution in [0.15, 0.2) is 12.3 Å². The molecule has 7 nitrogen and oxygen atoms in total. The molecule has 0 bridgehead atoms. The number of hydrogen-bond donors (Lipinski definition) is 1. The fourth-order valence-corrected chi connectivity index (χ4v) is 4.45. The summed E-state index contributed by atoms with van der Waals surface area (Å²) in [7, 11) is 1.76. The molecule has 3 rings (SSSR count). The number of nitrogens with one attached hydrogen (secondary N) is 1. The summed E-state index contributed by atoms with van der Waals surface area (Å²) in [6.07, 6.45) is 3.59. The summed E-state index contributed by atoms with van der Waals surface area (Å²) in [6.45, 7) is 7.00. The third-order valence-electron chi connectivity index (χ3n) is 4.33. The number of esters is 1. The van der Waals surface area contributed by atoms with Crippen LogP contribution in [0, 0.1) is 0 Å². The summed E-state index contributed by atoms with van der Waals surface area (Å²) in [5, 5.41) is 7.55. The van der Waals surface area contributed by atoms with Crippen molar-refractivity contribution < 1.29 is 14.3 Å². The number of hydrogen-bond acceptors (Lipinski definition) is 6. The average Bonchev–Trinajstić information content (AvgIpc) is 3.18. The Morgan fingerprint density at radius 3 is 2.78 bits per heavy atom. The Morgan fingerprint density at radius 2 is 2.15 bits per heavy atom. The molecule has 1 amide bonds. The van der Waals surface area contributed by atoms with Crippen molar-refractivity contribution in [2.24, 2.45) is 7.05 Å². The van der Waals surface area contributed by atoms with Crippen LogP contribution in [0.1, 0.15) is 51.6 Å². The van der Waals surface area contributed by atoms with Gasteiger partial charge >= 0.3 is 5.97 Å². The number of aromatic nitrogens is 2. The number of carbonyl (C=O) groups excluding carboxylic acids is 2. The maximum atomic E-state index is 12.5. The lowest BCUT2D eigenvalue weighted by atomic mass is 10.0. The Balaban J connectivity index is 0.00000261. The Bertz CT molecular complexity index is 818. The van der Waals surface area contributed by atoms with E-state index in [2.05, 4.69) is 22.2 Å². The second-order valence-corrected chi connectivity index (χ2v) is 7.39. The predicted molar refractivity (Wildman–Crippen MR) is 108 cm³/mol. The van der Waals surface area contributed by atoms with Crippen molar-refractivity contribution in [3.63, 3.8) is 0 Å². The number of aryl methyl sites for hydroxylation is 1. The van der Waals surface area contributed by atoms with Crippen LogP contribution in [-0.2, 0) is 24.8 Å². The lowest BCUT2D eigenvalue weighted by Crippen LogP contribution is -2.30. The summed E-state index contributed by atoms with van der Waals surface area (Å²) in [4.78, 5) is 28.5. The molecule has 1 N–H and O–H groups in total. The fraction of sp³-hybridized carbons (Fsp3) is 0.500. The minimum atomic E-state index is -0.370. The largest absolute Gasteiger partial charge is 0.462 e. The molecule has 0 unspecified atom stereocenters. The third kappa shape index (κ3) is 4.69. The SMILES string of the molecule is CCCN1CCc2c(sc(NC(=O)c3ccn(C)n3)c2C(=O)OCC)C1.Cl. The number of ether oxygens (including phenoxy) is 1. The second-order valence-electron chi connectivity index (χ2n) is 6.28. The first kappa shape index (κ1) is 21.4. The van der Waals surface area contributed by atoms with E-state index in [0.717, 1.165) is 42.9 Å². The standard InChI is InChI=1S/C18H24N4O3S.ClH/c1-4-8-22-10-6-12-14(11-22)26-17(15(12)18(24)25-5-2)19-16(23)13-7-9-21(3)20-13;/h7,9H,4-6,8,10-11H2,1-3H3,(H,19,23);1H. The molecule has 2 aromatic rings. The number of carbonyl (C=O) groups is 2. The Labute approximate surface area is 169 Å². The van der Waals surface area contributed by atoms with E-state index >= 15 is 0 Å². The minimum Gasteiger partial charge on any atom is -0.462 e.